The van der Waals surface area contributed by atoms with Gasteiger partial charge in [-0.1, -0.05) is 0 Å². The highest BCUT2D eigenvalue weighted by Gasteiger charge is 2.24. The molecule has 1 rings (SSSR count). The number of hydrogen-bond acceptors (Lipinski definition) is 5. The van der Waals surface area contributed by atoms with Crippen LogP contribution in [0.25, 0.3) is 0 Å². The van der Waals surface area contributed by atoms with Crippen LogP contribution in [0.3, 0.4) is 0 Å². The molecule has 18 heavy (non-hydrogen) atoms. The van der Waals surface area contributed by atoms with Gasteiger partial charge in [0.25, 0.3) is 11.8 Å². The van der Waals surface area contributed by atoms with E-state index in [1.54, 1.807) is 0 Å². The van der Waals surface area contributed by atoms with Crippen LogP contribution in [0.4, 0.5) is 10.7 Å². The summed E-state index contributed by atoms with van der Waals surface area (Å²) in [7, 11) is 0. The molecule has 0 saturated carbocycles. The maximum atomic E-state index is 11.8. The quantitative estimate of drug-likeness (QED) is 0.639. The summed E-state index contributed by atoms with van der Waals surface area (Å²) in [4.78, 5) is 23.5. The molecule has 0 aliphatic rings. The molecule has 1 aromatic heterocycles. The van der Waals surface area contributed by atoms with Crippen LogP contribution >= 0.6 is 11.3 Å². The second-order valence-corrected chi connectivity index (χ2v) is 5.09. The summed E-state index contributed by atoms with van der Waals surface area (Å²) in [5.74, 6) is -0.929. The zero-order valence-electron chi connectivity index (χ0n) is 10.7. The van der Waals surface area contributed by atoms with Gasteiger partial charge in [0, 0.05) is 12.6 Å². The highest BCUT2D eigenvalue weighted by Crippen LogP contribution is 2.35. The highest BCUT2D eigenvalue weighted by atomic mass is 32.1. The Bertz CT molecular complexity index is 468. The SMILES string of the molecule is CCNC(=O)c1sc(NC(C)C)c(C(N)=O)c1N. The fraction of sp³-hybridized carbons (Fsp3) is 0.455. The van der Waals surface area contributed by atoms with E-state index in [0.717, 1.165) is 11.3 Å². The Balaban J connectivity index is 3.23. The van der Waals surface area contributed by atoms with Crippen molar-refractivity contribution in [3.8, 4) is 0 Å². The normalized spacial score (nSPS) is 10.4. The zero-order chi connectivity index (χ0) is 13.9. The van der Waals surface area contributed by atoms with Crippen LogP contribution in [0, 0.1) is 0 Å². The van der Waals surface area contributed by atoms with Crippen LogP contribution in [0.1, 0.15) is 40.8 Å². The van der Waals surface area contributed by atoms with Gasteiger partial charge in [-0.15, -0.1) is 11.3 Å². The van der Waals surface area contributed by atoms with Crippen LogP contribution in [0.5, 0.6) is 0 Å². The molecule has 100 valence electrons. The first-order valence-corrected chi connectivity index (χ1v) is 6.46. The molecule has 0 aliphatic carbocycles. The van der Waals surface area contributed by atoms with Gasteiger partial charge < -0.3 is 22.1 Å². The minimum atomic E-state index is -0.637. The molecule has 6 N–H and O–H groups in total. The molecule has 0 atom stereocenters. The van der Waals surface area contributed by atoms with Crippen molar-refractivity contribution >= 4 is 33.8 Å². The third kappa shape index (κ3) is 2.92. The monoisotopic (exact) mass is 270 g/mol. The van der Waals surface area contributed by atoms with E-state index in [0.29, 0.717) is 16.4 Å². The third-order valence-electron chi connectivity index (χ3n) is 2.15. The fourth-order valence-electron chi connectivity index (χ4n) is 1.46. The van der Waals surface area contributed by atoms with Crippen molar-refractivity contribution in [1.29, 1.82) is 0 Å². The Hall–Kier alpha value is -1.76. The molecule has 7 heteroatoms. The molecular formula is C11H18N4O2S. The van der Waals surface area contributed by atoms with E-state index < -0.39 is 5.91 Å². The number of amides is 2. The lowest BCUT2D eigenvalue weighted by Gasteiger charge is -2.08. The molecule has 6 nitrogen and oxygen atoms in total. The Morgan fingerprint density at radius 3 is 2.44 bits per heavy atom. The molecule has 1 heterocycles. The van der Waals surface area contributed by atoms with E-state index in [9.17, 15) is 9.59 Å². The van der Waals surface area contributed by atoms with Crippen molar-refractivity contribution in [2.45, 2.75) is 26.8 Å². The molecule has 1 aromatic rings. The summed E-state index contributed by atoms with van der Waals surface area (Å²) in [5.41, 5.74) is 11.4. The maximum Gasteiger partial charge on any atom is 0.263 e. The van der Waals surface area contributed by atoms with E-state index in [1.807, 2.05) is 20.8 Å². The van der Waals surface area contributed by atoms with Crippen LogP contribution in [0.15, 0.2) is 0 Å². The van der Waals surface area contributed by atoms with E-state index >= 15 is 0 Å². The van der Waals surface area contributed by atoms with Crippen LogP contribution < -0.4 is 22.1 Å². The Labute approximate surface area is 110 Å². The summed E-state index contributed by atoms with van der Waals surface area (Å²) in [6.07, 6.45) is 0. The molecule has 0 radical (unpaired) electrons. The van der Waals surface area contributed by atoms with Crippen molar-refractivity contribution in [1.82, 2.24) is 5.32 Å². The number of carbonyl (C=O) groups is 2. The van der Waals surface area contributed by atoms with Gasteiger partial charge in [0.2, 0.25) is 0 Å². The van der Waals surface area contributed by atoms with Crippen LogP contribution in [-0.2, 0) is 0 Å². The molecule has 0 aromatic carbocycles. The summed E-state index contributed by atoms with van der Waals surface area (Å²) in [6, 6.07) is 0.114. The topological polar surface area (TPSA) is 110 Å². The number of nitrogen functional groups attached to an aromatic ring is 1. The van der Waals surface area contributed by atoms with E-state index in [4.69, 9.17) is 11.5 Å². The second-order valence-electron chi connectivity index (χ2n) is 4.07. The number of hydrogen-bond donors (Lipinski definition) is 4. The minimum Gasteiger partial charge on any atom is -0.397 e. The van der Waals surface area contributed by atoms with E-state index in [-0.39, 0.29) is 23.2 Å². The van der Waals surface area contributed by atoms with Gasteiger partial charge in [0.05, 0.1) is 11.3 Å². The standard InChI is InChI=1S/C11H18N4O2S/c1-4-14-10(17)8-7(12)6(9(13)16)11(18-8)15-5(2)3/h5,15H,4,12H2,1-3H3,(H2,13,16)(H,14,17). The van der Waals surface area contributed by atoms with Gasteiger partial charge >= 0.3 is 0 Å². The molecule has 0 saturated heterocycles. The van der Waals surface area contributed by atoms with E-state index in [2.05, 4.69) is 10.6 Å². The lowest BCUT2D eigenvalue weighted by molar-refractivity contribution is 0.0960. The van der Waals surface area contributed by atoms with Gasteiger partial charge in [-0.25, -0.2) is 0 Å². The first kappa shape index (κ1) is 14.3. The number of thiophene rings is 1. The Morgan fingerprint density at radius 1 is 1.39 bits per heavy atom. The summed E-state index contributed by atoms with van der Waals surface area (Å²) < 4.78 is 0. The number of anilines is 2. The predicted molar refractivity (Wildman–Crippen MR) is 74.0 cm³/mol. The lowest BCUT2D eigenvalue weighted by atomic mass is 10.2. The number of carbonyl (C=O) groups excluding carboxylic acids is 2. The van der Waals surface area contributed by atoms with Gasteiger partial charge in [0.1, 0.15) is 9.88 Å². The van der Waals surface area contributed by atoms with Crippen molar-refractivity contribution in [3.63, 3.8) is 0 Å². The smallest absolute Gasteiger partial charge is 0.263 e. The molecule has 0 bridgehead atoms. The molecular weight excluding hydrogens is 252 g/mol. The van der Waals surface area contributed by atoms with Crippen LogP contribution in [-0.4, -0.2) is 24.4 Å². The van der Waals surface area contributed by atoms with Crippen LogP contribution in [0.2, 0.25) is 0 Å². The fourth-order valence-corrected chi connectivity index (χ4v) is 2.65. The first-order valence-electron chi connectivity index (χ1n) is 5.65. The Kier molecular flexibility index (Phi) is 4.55. The lowest BCUT2D eigenvalue weighted by Crippen LogP contribution is -2.23. The number of primary amides is 1. The Morgan fingerprint density at radius 2 is 2.00 bits per heavy atom. The number of nitrogens with one attached hydrogen (secondary N) is 2. The van der Waals surface area contributed by atoms with Crippen molar-refractivity contribution in [2.75, 3.05) is 17.6 Å². The molecule has 0 fully saturated rings. The second kappa shape index (κ2) is 5.72. The van der Waals surface area contributed by atoms with E-state index in [1.165, 1.54) is 0 Å². The average molecular weight is 270 g/mol. The summed E-state index contributed by atoms with van der Waals surface area (Å²) in [5, 5.41) is 6.26. The molecule has 2 amide bonds. The largest absolute Gasteiger partial charge is 0.397 e. The number of rotatable bonds is 5. The maximum absolute atomic E-state index is 11.8. The van der Waals surface area contributed by atoms with Gasteiger partial charge in [-0.2, -0.15) is 0 Å². The zero-order valence-corrected chi connectivity index (χ0v) is 11.5. The molecule has 0 aliphatic heterocycles. The predicted octanol–water partition coefficient (Wildman–Crippen LogP) is 0.999. The highest BCUT2D eigenvalue weighted by molar-refractivity contribution is 7.19. The van der Waals surface area contributed by atoms with Crippen molar-refractivity contribution in [3.05, 3.63) is 10.4 Å². The van der Waals surface area contributed by atoms with Crippen molar-refractivity contribution < 1.29 is 9.59 Å². The summed E-state index contributed by atoms with van der Waals surface area (Å²) in [6.45, 7) is 6.15. The summed E-state index contributed by atoms with van der Waals surface area (Å²) >= 11 is 1.14. The minimum absolute atomic E-state index is 0.114. The molecule has 0 unspecified atom stereocenters. The third-order valence-corrected chi connectivity index (χ3v) is 3.29. The molecule has 0 spiro atoms. The first-order chi connectivity index (χ1) is 8.38. The number of nitrogens with two attached hydrogens (primary N) is 2. The van der Waals surface area contributed by atoms with Gasteiger partial charge in [0.15, 0.2) is 0 Å². The average Bonchev–Trinajstić information content (AvgIpc) is 2.54. The van der Waals surface area contributed by atoms with Gasteiger partial charge in [-0.3, -0.25) is 9.59 Å². The van der Waals surface area contributed by atoms with Gasteiger partial charge in [-0.05, 0) is 20.8 Å². The van der Waals surface area contributed by atoms with Crippen molar-refractivity contribution in [2.24, 2.45) is 5.73 Å².